The van der Waals surface area contributed by atoms with E-state index in [-0.39, 0.29) is 12.0 Å². The SMILES string of the molecule is C=C=C/C(=C/C=C)N(/C=C(\C)C(=C)NCc1ccc(F)cc1F)CC1(C)CCCC(C)C1. The van der Waals surface area contributed by atoms with E-state index in [4.69, 9.17) is 0 Å². The Hall–Kier alpha value is -2.84. The number of nitrogens with one attached hydrogen (secondary N) is 1. The van der Waals surface area contributed by atoms with Crippen molar-refractivity contribution in [1.82, 2.24) is 10.2 Å². The zero-order chi connectivity index (χ0) is 23.7. The van der Waals surface area contributed by atoms with Gasteiger partial charge >= 0.3 is 0 Å². The van der Waals surface area contributed by atoms with Crippen molar-refractivity contribution in [3.63, 3.8) is 0 Å². The summed E-state index contributed by atoms with van der Waals surface area (Å²) in [7, 11) is 0. The molecule has 172 valence electrons. The molecule has 1 aromatic rings. The molecule has 1 N–H and O–H groups in total. The van der Waals surface area contributed by atoms with Crippen molar-refractivity contribution in [2.45, 2.75) is 53.0 Å². The van der Waals surface area contributed by atoms with Crippen molar-refractivity contribution in [3.05, 3.63) is 102 Å². The van der Waals surface area contributed by atoms with Gasteiger partial charge in [-0.25, -0.2) is 8.78 Å². The van der Waals surface area contributed by atoms with Gasteiger partial charge in [0.25, 0.3) is 0 Å². The topological polar surface area (TPSA) is 15.3 Å². The molecule has 0 saturated heterocycles. The van der Waals surface area contributed by atoms with Gasteiger partial charge in [-0.2, -0.15) is 0 Å². The van der Waals surface area contributed by atoms with Gasteiger partial charge in [-0.15, -0.1) is 5.73 Å². The maximum atomic E-state index is 14.0. The maximum absolute atomic E-state index is 14.0. The molecular weight excluding hydrogens is 402 g/mol. The quantitative estimate of drug-likeness (QED) is 0.302. The van der Waals surface area contributed by atoms with Gasteiger partial charge in [0, 0.05) is 48.4 Å². The summed E-state index contributed by atoms with van der Waals surface area (Å²) >= 11 is 0. The summed E-state index contributed by atoms with van der Waals surface area (Å²) in [5.41, 5.74) is 6.02. The van der Waals surface area contributed by atoms with Gasteiger partial charge in [0.1, 0.15) is 11.6 Å². The van der Waals surface area contributed by atoms with Crippen LogP contribution < -0.4 is 5.32 Å². The molecule has 2 nitrogen and oxygen atoms in total. The van der Waals surface area contributed by atoms with E-state index >= 15 is 0 Å². The van der Waals surface area contributed by atoms with Crippen LogP contribution in [0.4, 0.5) is 8.78 Å². The van der Waals surface area contributed by atoms with Gasteiger partial charge in [0.15, 0.2) is 0 Å². The largest absolute Gasteiger partial charge is 0.381 e. The molecule has 1 saturated carbocycles. The number of allylic oxidation sites excluding steroid dienone is 4. The highest BCUT2D eigenvalue weighted by Crippen LogP contribution is 2.40. The molecule has 32 heavy (non-hydrogen) atoms. The van der Waals surface area contributed by atoms with Gasteiger partial charge in [0.2, 0.25) is 0 Å². The third-order valence-electron chi connectivity index (χ3n) is 6.07. The Morgan fingerprint density at radius 3 is 2.75 bits per heavy atom. The fraction of sp³-hybridized carbons (Fsp3) is 0.393. The van der Waals surface area contributed by atoms with Crippen LogP contribution in [0.5, 0.6) is 0 Å². The molecule has 4 heteroatoms. The maximum Gasteiger partial charge on any atom is 0.131 e. The number of hydrogen-bond acceptors (Lipinski definition) is 2. The van der Waals surface area contributed by atoms with Crippen LogP contribution >= 0.6 is 0 Å². The minimum absolute atomic E-state index is 0.190. The summed E-state index contributed by atoms with van der Waals surface area (Å²) in [5, 5.41) is 3.16. The molecule has 1 aromatic carbocycles. The van der Waals surface area contributed by atoms with Crippen LogP contribution in [0.25, 0.3) is 0 Å². The summed E-state index contributed by atoms with van der Waals surface area (Å²) < 4.78 is 27.1. The second-order valence-corrected chi connectivity index (χ2v) is 9.20. The Morgan fingerprint density at radius 2 is 2.12 bits per heavy atom. The molecule has 2 rings (SSSR count). The van der Waals surface area contributed by atoms with Crippen molar-refractivity contribution in [2.24, 2.45) is 11.3 Å². The molecule has 2 unspecified atom stereocenters. The van der Waals surface area contributed by atoms with Crippen molar-refractivity contribution < 1.29 is 8.78 Å². The van der Waals surface area contributed by atoms with Crippen molar-refractivity contribution in [1.29, 1.82) is 0 Å². The van der Waals surface area contributed by atoms with Crippen LogP contribution in [0.2, 0.25) is 0 Å². The summed E-state index contributed by atoms with van der Waals surface area (Å²) in [6.07, 6.45) is 12.5. The summed E-state index contributed by atoms with van der Waals surface area (Å²) in [6.45, 7) is 19.4. The van der Waals surface area contributed by atoms with Crippen LogP contribution in [-0.4, -0.2) is 11.4 Å². The Morgan fingerprint density at radius 1 is 1.38 bits per heavy atom. The third-order valence-corrected chi connectivity index (χ3v) is 6.07. The Balaban J connectivity index is 2.23. The average molecular weight is 439 g/mol. The van der Waals surface area contributed by atoms with Gasteiger partial charge in [-0.3, -0.25) is 0 Å². The van der Waals surface area contributed by atoms with Crippen LogP contribution in [0.1, 0.15) is 52.0 Å². The molecule has 2 atom stereocenters. The van der Waals surface area contributed by atoms with Gasteiger partial charge in [0.05, 0.1) is 0 Å². The average Bonchev–Trinajstić information content (AvgIpc) is 2.72. The smallest absolute Gasteiger partial charge is 0.131 e. The first-order chi connectivity index (χ1) is 15.2. The molecule has 1 aliphatic rings. The number of benzene rings is 1. The minimum atomic E-state index is -0.584. The van der Waals surface area contributed by atoms with Crippen LogP contribution in [-0.2, 0) is 6.54 Å². The van der Waals surface area contributed by atoms with Crippen LogP contribution in [0.3, 0.4) is 0 Å². The fourth-order valence-electron chi connectivity index (χ4n) is 4.46. The molecule has 0 radical (unpaired) electrons. The molecular formula is C28H36F2N2. The zero-order valence-corrected chi connectivity index (χ0v) is 19.7. The van der Waals surface area contributed by atoms with E-state index in [0.717, 1.165) is 23.9 Å². The molecule has 0 aliphatic heterocycles. The standard InChI is InChI=1S/C28H36F2N2/c1-7-10-26(11-8-2)32(20-28(6)15-9-12-21(3)17-28)19-22(4)23(5)31-18-24-13-14-25(29)16-27(24)30/h7,10-11,13-14,16,19,21,31H,1-2,5,9,12,15,17-18,20H2,3-4,6H3/b22-19+,26-10-. The predicted octanol–water partition coefficient (Wildman–Crippen LogP) is 7.40. The second kappa shape index (κ2) is 11.7. The molecule has 0 spiro atoms. The van der Waals surface area contributed by atoms with Gasteiger partial charge < -0.3 is 10.2 Å². The zero-order valence-electron chi connectivity index (χ0n) is 19.7. The van der Waals surface area contributed by atoms with E-state index in [9.17, 15) is 8.78 Å². The Kier molecular flexibility index (Phi) is 9.28. The van der Waals surface area contributed by atoms with E-state index in [0.29, 0.717) is 17.2 Å². The molecule has 0 amide bonds. The van der Waals surface area contributed by atoms with E-state index in [1.54, 1.807) is 6.08 Å². The first kappa shape index (κ1) is 25.4. The van der Waals surface area contributed by atoms with Crippen molar-refractivity contribution in [3.8, 4) is 0 Å². The highest BCUT2D eigenvalue weighted by atomic mass is 19.1. The highest BCUT2D eigenvalue weighted by molar-refractivity contribution is 5.30. The fourth-order valence-corrected chi connectivity index (χ4v) is 4.46. The summed E-state index contributed by atoms with van der Waals surface area (Å²) in [5.74, 6) is -0.441. The lowest BCUT2D eigenvalue weighted by Crippen LogP contribution is -2.36. The minimum Gasteiger partial charge on any atom is -0.381 e. The molecule has 1 aliphatic carbocycles. The predicted molar refractivity (Wildman–Crippen MR) is 131 cm³/mol. The second-order valence-electron chi connectivity index (χ2n) is 9.20. The molecule has 1 fully saturated rings. The van der Waals surface area contributed by atoms with Crippen molar-refractivity contribution >= 4 is 0 Å². The van der Waals surface area contributed by atoms with Crippen LogP contribution in [0, 0.1) is 23.0 Å². The Bertz CT molecular complexity index is 937. The summed E-state index contributed by atoms with van der Waals surface area (Å²) in [6, 6.07) is 3.60. The van der Waals surface area contributed by atoms with Gasteiger partial charge in [-0.1, -0.05) is 58.6 Å². The van der Waals surface area contributed by atoms with Gasteiger partial charge in [-0.05, 0) is 48.8 Å². The molecule has 0 bridgehead atoms. The highest BCUT2D eigenvalue weighted by Gasteiger charge is 2.32. The van der Waals surface area contributed by atoms with E-state index < -0.39 is 11.6 Å². The molecule has 0 heterocycles. The van der Waals surface area contributed by atoms with E-state index in [1.165, 1.54) is 37.8 Å². The third kappa shape index (κ3) is 7.39. The van der Waals surface area contributed by atoms with E-state index in [2.05, 4.69) is 55.7 Å². The number of hydrogen-bond donors (Lipinski definition) is 1. The van der Waals surface area contributed by atoms with Crippen LogP contribution in [0.15, 0.2) is 85.1 Å². The lowest BCUT2D eigenvalue weighted by atomic mass is 9.71. The lowest BCUT2D eigenvalue weighted by Gasteiger charge is -2.41. The number of nitrogens with zero attached hydrogens (tertiary/aromatic N) is 1. The molecule has 0 aromatic heterocycles. The first-order valence-corrected chi connectivity index (χ1v) is 11.2. The number of rotatable bonds is 10. The summed E-state index contributed by atoms with van der Waals surface area (Å²) in [4.78, 5) is 2.21. The number of halogens is 2. The lowest BCUT2D eigenvalue weighted by molar-refractivity contribution is 0.135. The van der Waals surface area contributed by atoms with Crippen molar-refractivity contribution in [2.75, 3.05) is 6.54 Å². The first-order valence-electron chi connectivity index (χ1n) is 11.2. The normalized spacial score (nSPS) is 21.5. The Labute approximate surface area is 192 Å². The van der Waals surface area contributed by atoms with E-state index in [1.807, 2.05) is 19.1 Å². The monoisotopic (exact) mass is 438 g/mol.